The standard InChI is InChI=1S/C23H33N3O3/c1-15(24-20(27)17-7-9-18(10-8-17)23(2,3)4)22(29)26-13-11-19(12-14-26)25-21(28)16-5-6-16/h7-10,15-16,19H,5-6,11-14H2,1-4H3,(H,24,27)(H,25,28). The van der Waals surface area contributed by atoms with Crippen molar-refractivity contribution in [3.63, 3.8) is 0 Å². The fourth-order valence-electron chi connectivity index (χ4n) is 3.65. The fraction of sp³-hybridized carbons (Fsp3) is 0.609. The molecule has 1 aliphatic carbocycles. The molecule has 6 heteroatoms. The topological polar surface area (TPSA) is 78.5 Å². The molecule has 2 fully saturated rings. The summed E-state index contributed by atoms with van der Waals surface area (Å²) in [5.74, 6) is 0.0600. The van der Waals surface area contributed by atoms with Crippen molar-refractivity contribution in [2.24, 2.45) is 5.92 Å². The van der Waals surface area contributed by atoms with Gasteiger partial charge in [0.2, 0.25) is 11.8 Å². The van der Waals surface area contributed by atoms with Gasteiger partial charge in [0.15, 0.2) is 0 Å². The zero-order valence-electron chi connectivity index (χ0n) is 18.0. The molecule has 1 aliphatic heterocycles. The number of amides is 3. The fourth-order valence-corrected chi connectivity index (χ4v) is 3.65. The highest BCUT2D eigenvalue weighted by molar-refractivity contribution is 5.97. The molecule has 1 saturated carbocycles. The van der Waals surface area contributed by atoms with Gasteiger partial charge in [-0.25, -0.2) is 0 Å². The summed E-state index contributed by atoms with van der Waals surface area (Å²) < 4.78 is 0. The Morgan fingerprint density at radius 2 is 1.59 bits per heavy atom. The minimum absolute atomic E-state index is 0.0303. The lowest BCUT2D eigenvalue weighted by atomic mass is 9.86. The summed E-state index contributed by atoms with van der Waals surface area (Å²) in [5.41, 5.74) is 1.75. The summed E-state index contributed by atoms with van der Waals surface area (Å²) in [7, 11) is 0. The van der Waals surface area contributed by atoms with Gasteiger partial charge in [0, 0.05) is 30.6 Å². The van der Waals surface area contributed by atoms with E-state index in [1.54, 1.807) is 24.0 Å². The van der Waals surface area contributed by atoms with Crippen LogP contribution in [-0.2, 0) is 15.0 Å². The first kappa shape index (κ1) is 21.3. The van der Waals surface area contributed by atoms with E-state index in [9.17, 15) is 14.4 Å². The van der Waals surface area contributed by atoms with E-state index in [0.717, 1.165) is 31.2 Å². The lowest BCUT2D eigenvalue weighted by Gasteiger charge is -2.34. The maximum Gasteiger partial charge on any atom is 0.251 e. The lowest BCUT2D eigenvalue weighted by Crippen LogP contribution is -2.52. The van der Waals surface area contributed by atoms with E-state index in [0.29, 0.717) is 18.7 Å². The van der Waals surface area contributed by atoms with Crippen LogP contribution in [0, 0.1) is 5.92 Å². The number of carbonyl (C=O) groups is 3. The molecule has 1 unspecified atom stereocenters. The van der Waals surface area contributed by atoms with E-state index in [2.05, 4.69) is 31.4 Å². The summed E-state index contributed by atoms with van der Waals surface area (Å²) in [4.78, 5) is 38.9. The molecule has 0 spiro atoms. The number of likely N-dealkylation sites (tertiary alicyclic amines) is 1. The van der Waals surface area contributed by atoms with Crippen LogP contribution in [0.15, 0.2) is 24.3 Å². The molecule has 29 heavy (non-hydrogen) atoms. The average Bonchev–Trinajstić information content (AvgIpc) is 3.53. The Morgan fingerprint density at radius 1 is 1.00 bits per heavy atom. The first-order chi connectivity index (χ1) is 13.6. The second kappa shape index (κ2) is 8.56. The van der Waals surface area contributed by atoms with E-state index < -0.39 is 6.04 Å². The van der Waals surface area contributed by atoms with Crippen molar-refractivity contribution in [2.45, 2.75) is 70.9 Å². The molecule has 0 radical (unpaired) electrons. The Kier molecular flexibility index (Phi) is 6.30. The van der Waals surface area contributed by atoms with Gasteiger partial charge in [-0.15, -0.1) is 0 Å². The first-order valence-electron chi connectivity index (χ1n) is 10.7. The van der Waals surface area contributed by atoms with Crippen LogP contribution in [0.2, 0.25) is 0 Å². The molecule has 2 aliphatic rings. The van der Waals surface area contributed by atoms with Crippen LogP contribution in [0.3, 0.4) is 0 Å². The first-order valence-corrected chi connectivity index (χ1v) is 10.7. The lowest BCUT2D eigenvalue weighted by molar-refractivity contribution is -0.134. The van der Waals surface area contributed by atoms with Crippen molar-refractivity contribution in [3.8, 4) is 0 Å². The Bertz CT molecular complexity index is 755. The second-order valence-corrected chi connectivity index (χ2v) is 9.40. The molecule has 0 aromatic heterocycles. The molecule has 158 valence electrons. The van der Waals surface area contributed by atoms with Gasteiger partial charge in [-0.2, -0.15) is 0 Å². The monoisotopic (exact) mass is 399 g/mol. The smallest absolute Gasteiger partial charge is 0.251 e. The van der Waals surface area contributed by atoms with Crippen molar-refractivity contribution in [1.29, 1.82) is 0 Å². The Balaban J connectivity index is 1.47. The summed E-state index contributed by atoms with van der Waals surface area (Å²) in [6, 6.07) is 7.10. The molecular formula is C23H33N3O3. The van der Waals surface area contributed by atoms with Crippen LogP contribution in [0.4, 0.5) is 0 Å². The number of benzene rings is 1. The van der Waals surface area contributed by atoms with Crippen LogP contribution in [-0.4, -0.2) is 47.8 Å². The van der Waals surface area contributed by atoms with Crippen LogP contribution < -0.4 is 10.6 Å². The third kappa shape index (κ3) is 5.58. The summed E-state index contributed by atoms with van der Waals surface area (Å²) in [5, 5.41) is 5.91. The highest BCUT2D eigenvalue weighted by Gasteiger charge is 2.33. The van der Waals surface area contributed by atoms with Crippen molar-refractivity contribution in [3.05, 3.63) is 35.4 Å². The normalized spacial score (nSPS) is 18.8. The Labute approximate surface area is 173 Å². The molecule has 1 heterocycles. The molecule has 1 aromatic rings. The van der Waals surface area contributed by atoms with Crippen molar-refractivity contribution in [2.75, 3.05) is 13.1 Å². The van der Waals surface area contributed by atoms with Gasteiger partial charge < -0.3 is 15.5 Å². The third-order valence-electron chi connectivity index (χ3n) is 5.83. The van der Waals surface area contributed by atoms with Gasteiger partial charge in [0.25, 0.3) is 5.91 Å². The molecule has 0 bridgehead atoms. The quantitative estimate of drug-likeness (QED) is 0.799. The van der Waals surface area contributed by atoms with Gasteiger partial charge >= 0.3 is 0 Å². The van der Waals surface area contributed by atoms with Gasteiger partial charge in [-0.3, -0.25) is 14.4 Å². The zero-order valence-corrected chi connectivity index (χ0v) is 18.0. The average molecular weight is 400 g/mol. The maximum absolute atomic E-state index is 12.7. The molecule has 1 atom stereocenters. The number of hydrogen-bond donors (Lipinski definition) is 2. The summed E-state index contributed by atoms with van der Waals surface area (Å²) in [6.45, 7) is 9.32. The Hall–Kier alpha value is -2.37. The predicted molar refractivity (Wildman–Crippen MR) is 113 cm³/mol. The predicted octanol–water partition coefficient (Wildman–Crippen LogP) is 2.62. The zero-order chi connectivity index (χ0) is 21.2. The molecular weight excluding hydrogens is 366 g/mol. The van der Waals surface area contributed by atoms with Crippen LogP contribution in [0.25, 0.3) is 0 Å². The largest absolute Gasteiger partial charge is 0.353 e. The highest BCUT2D eigenvalue weighted by Crippen LogP contribution is 2.29. The van der Waals surface area contributed by atoms with Crippen molar-refractivity contribution in [1.82, 2.24) is 15.5 Å². The Morgan fingerprint density at radius 3 is 2.10 bits per heavy atom. The van der Waals surface area contributed by atoms with Gasteiger partial charge in [0.05, 0.1) is 0 Å². The third-order valence-corrected chi connectivity index (χ3v) is 5.83. The minimum atomic E-state index is -0.581. The number of piperidine rings is 1. The summed E-state index contributed by atoms with van der Waals surface area (Å²) in [6.07, 6.45) is 3.52. The van der Waals surface area contributed by atoms with Crippen molar-refractivity contribution >= 4 is 17.7 Å². The summed E-state index contributed by atoms with van der Waals surface area (Å²) >= 11 is 0. The van der Waals surface area contributed by atoms with Gasteiger partial charge in [-0.1, -0.05) is 32.9 Å². The number of rotatable bonds is 5. The minimum Gasteiger partial charge on any atom is -0.353 e. The van der Waals surface area contributed by atoms with E-state index >= 15 is 0 Å². The molecule has 3 rings (SSSR count). The van der Waals surface area contributed by atoms with Crippen LogP contribution >= 0.6 is 0 Å². The number of nitrogens with zero attached hydrogens (tertiary/aromatic N) is 1. The molecule has 2 N–H and O–H groups in total. The number of hydrogen-bond acceptors (Lipinski definition) is 3. The van der Waals surface area contributed by atoms with E-state index in [1.165, 1.54) is 0 Å². The van der Waals surface area contributed by atoms with E-state index in [-0.39, 0.29) is 35.1 Å². The van der Waals surface area contributed by atoms with E-state index in [1.807, 2.05) is 12.1 Å². The van der Waals surface area contributed by atoms with Gasteiger partial charge in [0.1, 0.15) is 6.04 Å². The molecule has 3 amide bonds. The SMILES string of the molecule is CC(NC(=O)c1ccc(C(C)(C)C)cc1)C(=O)N1CCC(NC(=O)C2CC2)CC1. The van der Waals surface area contributed by atoms with Crippen molar-refractivity contribution < 1.29 is 14.4 Å². The van der Waals surface area contributed by atoms with Crippen LogP contribution in [0.1, 0.15) is 69.3 Å². The highest BCUT2D eigenvalue weighted by atomic mass is 16.2. The van der Waals surface area contributed by atoms with E-state index in [4.69, 9.17) is 0 Å². The van der Waals surface area contributed by atoms with Crippen LogP contribution in [0.5, 0.6) is 0 Å². The molecule has 1 aromatic carbocycles. The van der Waals surface area contributed by atoms with Gasteiger partial charge in [-0.05, 0) is 55.7 Å². The number of nitrogens with one attached hydrogen (secondary N) is 2. The molecule has 6 nitrogen and oxygen atoms in total. The number of carbonyl (C=O) groups excluding carboxylic acids is 3. The maximum atomic E-state index is 12.7. The molecule has 1 saturated heterocycles. The second-order valence-electron chi connectivity index (χ2n) is 9.40.